The van der Waals surface area contributed by atoms with E-state index in [1.54, 1.807) is 0 Å². The van der Waals surface area contributed by atoms with Crippen LogP contribution in [0.3, 0.4) is 0 Å². The largest absolute Gasteiger partial charge is 0.490 e. The SMILES string of the molecule is CC(CCC(=O)NN)Oc1ccccc1-c1ccccc1. The third-order valence-corrected chi connectivity index (χ3v) is 3.24. The molecule has 0 heterocycles. The summed E-state index contributed by atoms with van der Waals surface area (Å²) < 4.78 is 5.97. The van der Waals surface area contributed by atoms with Crippen molar-refractivity contribution in [1.29, 1.82) is 0 Å². The van der Waals surface area contributed by atoms with Crippen LogP contribution >= 0.6 is 0 Å². The normalized spacial score (nSPS) is 11.7. The lowest BCUT2D eigenvalue weighted by Gasteiger charge is -2.17. The van der Waals surface area contributed by atoms with Crippen molar-refractivity contribution in [3.63, 3.8) is 0 Å². The van der Waals surface area contributed by atoms with Crippen molar-refractivity contribution < 1.29 is 9.53 Å². The lowest BCUT2D eigenvalue weighted by atomic mass is 10.0. The number of nitrogens with two attached hydrogens (primary N) is 1. The summed E-state index contributed by atoms with van der Waals surface area (Å²) in [7, 11) is 0. The van der Waals surface area contributed by atoms with Gasteiger partial charge in [-0.2, -0.15) is 0 Å². The van der Waals surface area contributed by atoms with Gasteiger partial charge in [0.15, 0.2) is 0 Å². The number of carbonyl (C=O) groups is 1. The molecule has 0 saturated carbocycles. The maximum Gasteiger partial charge on any atom is 0.234 e. The summed E-state index contributed by atoms with van der Waals surface area (Å²) in [4.78, 5) is 11.2. The fourth-order valence-corrected chi connectivity index (χ4v) is 2.11. The van der Waals surface area contributed by atoms with Gasteiger partial charge < -0.3 is 4.74 Å². The third kappa shape index (κ3) is 4.33. The Balaban J connectivity index is 2.09. The van der Waals surface area contributed by atoms with Crippen LogP contribution in [0.25, 0.3) is 11.1 Å². The molecule has 0 aliphatic carbocycles. The molecule has 0 saturated heterocycles. The van der Waals surface area contributed by atoms with Crippen molar-refractivity contribution in [2.75, 3.05) is 0 Å². The van der Waals surface area contributed by atoms with Gasteiger partial charge in [-0.25, -0.2) is 5.84 Å². The van der Waals surface area contributed by atoms with Crippen molar-refractivity contribution in [2.45, 2.75) is 25.9 Å². The fraction of sp³-hybridized carbons (Fsp3) is 0.235. The topological polar surface area (TPSA) is 64.4 Å². The van der Waals surface area contributed by atoms with Gasteiger partial charge in [-0.05, 0) is 25.0 Å². The minimum atomic E-state index is -0.179. The average Bonchev–Trinajstić information content (AvgIpc) is 2.54. The van der Waals surface area contributed by atoms with Crippen LogP contribution < -0.4 is 16.0 Å². The molecule has 2 aromatic carbocycles. The predicted molar refractivity (Wildman–Crippen MR) is 83.5 cm³/mol. The summed E-state index contributed by atoms with van der Waals surface area (Å²) in [5, 5.41) is 0. The highest BCUT2D eigenvalue weighted by Crippen LogP contribution is 2.30. The highest BCUT2D eigenvalue weighted by molar-refractivity contribution is 5.75. The number of benzene rings is 2. The molecule has 2 rings (SSSR count). The maximum atomic E-state index is 11.2. The van der Waals surface area contributed by atoms with Crippen LogP contribution in [0.5, 0.6) is 5.75 Å². The van der Waals surface area contributed by atoms with Crippen molar-refractivity contribution >= 4 is 5.91 Å². The van der Waals surface area contributed by atoms with Crippen LogP contribution in [0.4, 0.5) is 0 Å². The number of amides is 1. The molecule has 2 aromatic rings. The second-order valence-corrected chi connectivity index (χ2v) is 4.90. The smallest absolute Gasteiger partial charge is 0.234 e. The van der Waals surface area contributed by atoms with Crippen molar-refractivity contribution in [3.8, 4) is 16.9 Å². The second kappa shape index (κ2) is 7.45. The highest BCUT2D eigenvalue weighted by atomic mass is 16.5. The summed E-state index contributed by atoms with van der Waals surface area (Å²) in [6.45, 7) is 1.95. The van der Waals surface area contributed by atoms with Gasteiger partial charge in [-0.15, -0.1) is 0 Å². The summed E-state index contributed by atoms with van der Waals surface area (Å²) >= 11 is 0. The number of rotatable bonds is 6. The molecule has 4 nitrogen and oxygen atoms in total. The van der Waals surface area contributed by atoms with Gasteiger partial charge in [0.05, 0.1) is 6.10 Å². The average molecular weight is 284 g/mol. The van der Waals surface area contributed by atoms with Gasteiger partial charge in [0.25, 0.3) is 0 Å². The molecule has 1 amide bonds. The van der Waals surface area contributed by atoms with Crippen LogP contribution in [0, 0.1) is 0 Å². The monoisotopic (exact) mass is 284 g/mol. The molecular weight excluding hydrogens is 264 g/mol. The molecule has 0 aliphatic rings. The standard InChI is InChI=1S/C17H20N2O2/c1-13(11-12-17(20)19-18)21-16-10-6-5-9-15(16)14-7-3-2-4-8-14/h2-10,13H,11-12,18H2,1H3,(H,19,20). The maximum absolute atomic E-state index is 11.2. The van der Waals surface area contributed by atoms with Crippen LogP contribution in [0.15, 0.2) is 54.6 Å². The zero-order valence-electron chi connectivity index (χ0n) is 12.1. The first kappa shape index (κ1) is 15.1. The predicted octanol–water partition coefficient (Wildman–Crippen LogP) is 2.89. The molecule has 0 aliphatic heterocycles. The van der Waals surface area contributed by atoms with E-state index in [0.717, 1.165) is 16.9 Å². The molecule has 3 N–H and O–H groups in total. The van der Waals surface area contributed by atoms with Gasteiger partial charge >= 0.3 is 0 Å². The summed E-state index contributed by atoms with van der Waals surface area (Å²) in [6, 6.07) is 18.0. The minimum Gasteiger partial charge on any atom is -0.490 e. The summed E-state index contributed by atoms with van der Waals surface area (Å²) in [5.74, 6) is 5.72. The van der Waals surface area contributed by atoms with Crippen LogP contribution in [-0.4, -0.2) is 12.0 Å². The van der Waals surface area contributed by atoms with Gasteiger partial charge in [-0.3, -0.25) is 10.2 Å². The van der Waals surface area contributed by atoms with Crippen LogP contribution in [0.2, 0.25) is 0 Å². The quantitative estimate of drug-likeness (QED) is 0.487. The molecule has 4 heteroatoms. The Bertz CT molecular complexity index is 584. The number of ether oxygens (including phenoxy) is 1. The van der Waals surface area contributed by atoms with E-state index < -0.39 is 0 Å². The number of hydrogen-bond donors (Lipinski definition) is 2. The number of para-hydroxylation sites is 1. The molecular formula is C17H20N2O2. The molecule has 0 fully saturated rings. The second-order valence-electron chi connectivity index (χ2n) is 4.90. The van der Waals surface area contributed by atoms with Crippen LogP contribution in [0.1, 0.15) is 19.8 Å². The first-order chi connectivity index (χ1) is 10.2. The van der Waals surface area contributed by atoms with Gasteiger partial charge in [0.1, 0.15) is 5.75 Å². The van der Waals surface area contributed by atoms with Gasteiger partial charge in [-0.1, -0.05) is 48.5 Å². The summed E-state index contributed by atoms with van der Waals surface area (Å²) in [5.41, 5.74) is 4.29. The number of nitrogens with one attached hydrogen (secondary N) is 1. The molecule has 0 radical (unpaired) electrons. The Morgan fingerprint density at radius 2 is 1.81 bits per heavy atom. The highest BCUT2D eigenvalue weighted by Gasteiger charge is 2.11. The van der Waals surface area contributed by atoms with Crippen molar-refractivity contribution in [1.82, 2.24) is 5.43 Å². The van der Waals surface area contributed by atoms with Crippen molar-refractivity contribution in [3.05, 3.63) is 54.6 Å². The molecule has 0 bridgehead atoms. The Hall–Kier alpha value is -2.33. The van der Waals surface area contributed by atoms with E-state index in [1.165, 1.54) is 0 Å². The number of carbonyl (C=O) groups excluding carboxylic acids is 1. The molecule has 0 spiro atoms. The van der Waals surface area contributed by atoms with Crippen molar-refractivity contribution in [2.24, 2.45) is 5.84 Å². The molecule has 21 heavy (non-hydrogen) atoms. The zero-order valence-corrected chi connectivity index (χ0v) is 12.1. The van der Waals surface area contributed by atoms with E-state index in [2.05, 4.69) is 17.6 Å². The van der Waals surface area contributed by atoms with E-state index in [4.69, 9.17) is 10.6 Å². The lowest BCUT2D eigenvalue weighted by molar-refractivity contribution is -0.121. The molecule has 1 atom stereocenters. The first-order valence-corrected chi connectivity index (χ1v) is 7.01. The third-order valence-electron chi connectivity index (χ3n) is 3.24. The van der Waals surface area contributed by atoms with E-state index in [-0.39, 0.29) is 12.0 Å². The lowest BCUT2D eigenvalue weighted by Crippen LogP contribution is -2.30. The van der Waals surface area contributed by atoms with Gasteiger partial charge in [0, 0.05) is 12.0 Å². The van der Waals surface area contributed by atoms with E-state index in [1.807, 2.05) is 49.4 Å². The number of hydrogen-bond acceptors (Lipinski definition) is 3. The van der Waals surface area contributed by atoms with Crippen LogP contribution in [-0.2, 0) is 4.79 Å². The molecule has 110 valence electrons. The zero-order chi connectivity index (χ0) is 15.1. The Morgan fingerprint density at radius 1 is 1.14 bits per heavy atom. The minimum absolute atomic E-state index is 0.0628. The van der Waals surface area contributed by atoms with E-state index in [0.29, 0.717) is 12.8 Å². The first-order valence-electron chi connectivity index (χ1n) is 7.01. The Morgan fingerprint density at radius 3 is 2.52 bits per heavy atom. The Labute approximate surface area is 124 Å². The molecule has 0 aromatic heterocycles. The fourth-order valence-electron chi connectivity index (χ4n) is 2.11. The summed E-state index contributed by atoms with van der Waals surface area (Å²) in [6.07, 6.45) is 0.907. The molecule has 1 unspecified atom stereocenters. The Kier molecular flexibility index (Phi) is 5.35. The van der Waals surface area contributed by atoms with E-state index >= 15 is 0 Å². The van der Waals surface area contributed by atoms with E-state index in [9.17, 15) is 4.79 Å². The number of hydrazine groups is 1. The van der Waals surface area contributed by atoms with Gasteiger partial charge in [0.2, 0.25) is 5.91 Å².